The Labute approximate surface area is 157 Å². The van der Waals surface area contributed by atoms with Gasteiger partial charge in [-0.25, -0.2) is 13.1 Å². The molecule has 0 unspecified atom stereocenters. The van der Waals surface area contributed by atoms with Gasteiger partial charge in [0, 0.05) is 12.1 Å². The minimum absolute atomic E-state index is 0.0768. The molecule has 1 heterocycles. The van der Waals surface area contributed by atoms with Crippen molar-refractivity contribution in [1.29, 1.82) is 0 Å². The molecule has 3 N–H and O–H groups in total. The van der Waals surface area contributed by atoms with Gasteiger partial charge in [0.2, 0.25) is 10.0 Å². The third-order valence-electron chi connectivity index (χ3n) is 4.04. The zero-order chi connectivity index (χ0) is 19.3. The highest BCUT2D eigenvalue weighted by Gasteiger charge is 2.11. The number of nitrogens with one attached hydrogen (secondary N) is 3. The first-order valence-electron chi connectivity index (χ1n) is 8.35. The van der Waals surface area contributed by atoms with Crippen LogP contribution in [0, 0.1) is 0 Å². The van der Waals surface area contributed by atoms with Crippen LogP contribution in [0.25, 0.3) is 11.3 Å². The summed E-state index contributed by atoms with van der Waals surface area (Å²) in [5.74, 6) is -0.335. The van der Waals surface area contributed by atoms with Crippen molar-refractivity contribution in [2.24, 2.45) is 0 Å². The van der Waals surface area contributed by atoms with Crippen molar-refractivity contribution in [2.75, 3.05) is 7.05 Å². The maximum atomic E-state index is 12.3. The number of rotatable bonds is 7. The van der Waals surface area contributed by atoms with E-state index in [9.17, 15) is 13.2 Å². The zero-order valence-electron chi connectivity index (χ0n) is 14.8. The number of hydrogen-bond acceptors (Lipinski definition) is 4. The van der Waals surface area contributed by atoms with Gasteiger partial charge in [0.25, 0.3) is 5.91 Å². The van der Waals surface area contributed by atoms with Gasteiger partial charge < -0.3 is 5.32 Å². The van der Waals surface area contributed by atoms with Crippen LogP contribution in [-0.4, -0.2) is 31.6 Å². The van der Waals surface area contributed by atoms with Crippen molar-refractivity contribution in [3.8, 4) is 11.3 Å². The van der Waals surface area contributed by atoms with Crippen molar-refractivity contribution >= 4 is 15.9 Å². The van der Waals surface area contributed by atoms with Crippen LogP contribution in [0.4, 0.5) is 0 Å². The highest BCUT2D eigenvalue weighted by molar-refractivity contribution is 7.88. The predicted molar refractivity (Wildman–Crippen MR) is 103 cm³/mol. The number of carbonyl (C=O) groups excluding carboxylic acids is 1. The molecule has 140 valence electrons. The Morgan fingerprint density at radius 3 is 2.37 bits per heavy atom. The molecular formula is C19H20N4O3S. The van der Waals surface area contributed by atoms with Crippen LogP contribution in [0.2, 0.25) is 0 Å². The van der Waals surface area contributed by atoms with Gasteiger partial charge in [0.15, 0.2) is 0 Å². The monoisotopic (exact) mass is 384 g/mol. The molecule has 8 heteroatoms. The number of aromatic amines is 1. The van der Waals surface area contributed by atoms with Crippen molar-refractivity contribution < 1.29 is 13.2 Å². The third kappa shape index (κ3) is 5.02. The molecule has 0 aliphatic rings. The molecule has 3 aromatic rings. The number of amides is 1. The van der Waals surface area contributed by atoms with E-state index in [0.717, 1.165) is 11.1 Å². The molecule has 0 atom stereocenters. The molecule has 3 rings (SSSR count). The molecule has 0 saturated heterocycles. The summed E-state index contributed by atoms with van der Waals surface area (Å²) in [6, 6.07) is 18.4. The molecule has 0 aliphatic carbocycles. The number of carbonyl (C=O) groups is 1. The van der Waals surface area contributed by atoms with Gasteiger partial charge in [-0.05, 0) is 24.2 Å². The molecule has 0 fully saturated rings. The van der Waals surface area contributed by atoms with E-state index in [0.29, 0.717) is 23.5 Å². The van der Waals surface area contributed by atoms with E-state index >= 15 is 0 Å². The fraction of sp³-hybridized carbons (Fsp3) is 0.158. The number of hydrogen-bond donors (Lipinski definition) is 3. The van der Waals surface area contributed by atoms with Gasteiger partial charge in [0.05, 0.1) is 11.4 Å². The molecule has 0 bridgehead atoms. The highest BCUT2D eigenvalue weighted by atomic mass is 32.2. The Hall–Kier alpha value is -2.97. The van der Waals surface area contributed by atoms with Crippen molar-refractivity contribution in [1.82, 2.24) is 20.2 Å². The topological polar surface area (TPSA) is 104 Å². The summed E-state index contributed by atoms with van der Waals surface area (Å²) in [6.45, 7) is 0.331. The molecular weight excluding hydrogens is 364 g/mol. The van der Waals surface area contributed by atoms with Gasteiger partial charge in [-0.2, -0.15) is 5.10 Å². The molecule has 1 amide bonds. The second-order valence-electron chi connectivity index (χ2n) is 6.00. The van der Waals surface area contributed by atoms with Gasteiger partial charge in [0.1, 0.15) is 5.69 Å². The number of sulfonamides is 1. The van der Waals surface area contributed by atoms with Crippen molar-refractivity contribution in [3.63, 3.8) is 0 Å². The van der Waals surface area contributed by atoms with E-state index in [1.807, 2.05) is 30.3 Å². The molecule has 7 nitrogen and oxygen atoms in total. The lowest BCUT2D eigenvalue weighted by Crippen LogP contribution is -2.23. The smallest absolute Gasteiger partial charge is 0.269 e. The summed E-state index contributed by atoms with van der Waals surface area (Å²) < 4.78 is 25.4. The van der Waals surface area contributed by atoms with Gasteiger partial charge in [-0.3, -0.25) is 9.89 Å². The van der Waals surface area contributed by atoms with Crippen LogP contribution in [0.5, 0.6) is 0 Å². The Morgan fingerprint density at radius 2 is 1.70 bits per heavy atom. The number of aromatic nitrogens is 2. The summed E-state index contributed by atoms with van der Waals surface area (Å²) in [5, 5.41) is 9.73. The Bertz CT molecular complexity index is 1010. The van der Waals surface area contributed by atoms with Gasteiger partial charge >= 0.3 is 0 Å². The fourth-order valence-corrected chi connectivity index (χ4v) is 3.29. The van der Waals surface area contributed by atoms with Crippen LogP contribution in [0.3, 0.4) is 0 Å². The van der Waals surface area contributed by atoms with E-state index in [1.165, 1.54) is 7.05 Å². The Morgan fingerprint density at radius 1 is 1.04 bits per heavy atom. The van der Waals surface area contributed by atoms with Crippen molar-refractivity contribution in [3.05, 3.63) is 77.5 Å². The largest absolute Gasteiger partial charge is 0.347 e. The number of H-pyrrole nitrogens is 1. The molecule has 0 saturated carbocycles. The van der Waals surface area contributed by atoms with E-state index in [2.05, 4.69) is 20.2 Å². The normalized spacial score (nSPS) is 11.3. The van der Waals surface area contributed by atoms with E-state index in [4.69, 9.17) is 0 Å². The number of benzene rings is 2. The number of nitrogens with zero attached hydrogens (tertiary/aromatic N) is 1. The Balaban J connectivity index is 1.59. The third-order valence-corrected chi connectivity index (χ3v) is 5.37. The molecule has 27 heavy (non-hydrogen) atoms. The quantitative estimate of drug-likeness (QED) is 0.580. The lowest BCUT2D eigenvalue weighted by atomic mass is 10.1. The highest BCUT2D eigenvalue weighted by Crippen LogP contribution is 2.17. The maximum absolute atomic E-state index is 12.3. The molecule has 2 aromatic carbocycles. The van der Waals surface area contributed by atoms with Crippen LogP contribution in [0.1, 0.15) is 21.6 Å². The van der Waals surface area contributed by atoms with Gasteiger partial charge in [-0.15, -0.1) is 0 Å². The summed E-state index contributed by atoms with van der Waals surface area (Å²) in [5.41, 5.74) is 3.57. The average molecular weight is 384 g/mol. The molecule has 1 aromatic heterocycles. The average Bonchev–Trinajstić information content (AvgIpc) is 3.18. The first-order chi connectivity index (χ1) is 13.0. The molecule has 0 aliphatic heterocycles. The lowest BCUT2D eigenvalue weighted by Gasteiger charge is -2.06. The summed E-state index contributed by atoms with van der Waals surface area (Å²) in [4.78, 5) is 12.3. The summed E-state index contributed by atoms with van der Waals surface area (Å²) in [7, 11) is -1.91. The standard InChI is InChI=1S/C19H20N4O3S/c1-20-27(25,26)13-15-9-7-14(8-10-15)12-21-19(24)18-11-17(22-23-18)16-5-3-2-4-6-16/h2-11,20H,12-13H2,1H3,(H,21,24)(H,22,23). The van der Waals surface area contributed by atoms with E-state index in [-0.39, 0.29) is 11.7 Å². The minimum atomic E-state index is -3.30. The first kappa shape index (κ1) is 18.8. The molecule has 0 radical (unpaired) electrons. The molecule has 0 spiro atoms. The SMILES string of the molecule is CNS(=O)(=O)Cc1ccc(CNC(=O)c2cc(-c3ccccc3)n[nH]2)cc1. The van der Waals surface area contributed by atoms with E-state index in [1.54, 1.807) is 30.3 Å². The van der Waals surface area contributed by atoms with E-state index < -0.39 is 10.0 Å². The predicted octanol–water partition coefficient (Wildman–Crippen LogP) is 2.06. The maximum Gasteiger partial charge on any atom is 0.269 e. The van der Waals surface area contributed by atoms with Crippen LogP contribution in [0.15, 0.2) is 60.7 Å². The van der Waals surface area contributed by atoms with Crippen LogP contribution < -0.4 is 10.0 Å². The van der Waals surface area contributed by atoms with Crippen LogP contribution >= 0.6 is 0 Å². The Kier molecular flexibility index (Phi) is 5.68. The summed E-state index contributed by atoms with van der Waals surface area (Å²) in [6.07, 6.45) is 0. The summed E-state index contributed by atoms with van der Waals surface area (Å²) >= 11 is 0. The second kappa shape index (κ2) is 8.15. The fourth-order valence-electron chi connectivity index (χ4n) is 2.52. The lowest BCUT2D eigenvalue weighted by molar-refractivity contribution is 0.0946. The second-order valence-corrected chi connectivity index (χ2v) is 7.92. The van der Waals surface area contributed by atoms with Gasteiger partial charge in [-0.1, -0.05) is 54.6 Å². The van der Waals surface area contributed by atoms with Crippen molar-refractivity contribution in [2.45, 2.75) is 12.3 Å². The zero-order valence-corrected chi connectivity index (χ0v) is 15.6. The van der Waals surface area contributed by atoms with Crippen LogP contribution in [-0.2, 0) is 22.3 Å². The minimum Gasteiger partial charge on any atom is -0.347 e. The first-order valence-corrected chi connectivity index (χ1v) is 10.00.